The van der Waals surface area contributed by atoms with E-state index in [1.807, 2.05) is 6.07 Å². The topological polar surface area (TPSA) is 66.8 Å². The predicted octanol–water partition coefficient (Wildman–Crippen LogP) is 1.28. The van der Waals surface area contributed by atoms with Crippen molar-refractivity contribution in [3.8, 4) is 0 Å². The summed E-state index contributed by atoms with van der Waals surface area (Å²) in [6, 6.07) is 7.81. The van der Waals surface area contributed by atoms with E-state index in [1.54, 1.807) is 38.1 Å². The normalized spacial score (nSPS) is 23.1. The number of carbonyl (C=O) groups excluding carboxylic acids is 1. The number of rotatable bonds is 4. The van der Waals surface area contributed by atoms with E-state index in [1.165, 1.54) is 4.90 Å². The minimum absolute atomic E-state index is 0.182. The van der Waals surface area contributed by atoms with Crippen molar-refractivity contribution in [3.63, 3.8) is 0 Å². The monoisotopic (exact) mass is 249 g/mol. The van der Waals surface area contributed by atoms with Crippen LogP contribution < -0.4 is 4.90 Å². The zero-order valence-electron chi connectivity index (χ0n) is 10.2. The van der Waals surface area contributed by atoms with Gasteiger partial charge in [0.15, 0.2) is 12.1 Å². The molecule has 2 atom stereocenters. The number of carboxylic acid groups (broad SMARTS) is 1. The molecule has 0 unspecified atom stereocenters. The summed E-state index contributed by atoms with van der Waals surface area (Å²) in [7, 11) is 0. The van der Waals surface area contributed by atoms with Crippen molar-refractivity contribution in [1.29, 1.82) is 0 Å². The highest BCUT2D eigenvalue weighted by Gasteiger charge is 2.53. The summed E-state index contributed by atoms with van der Waals surface area (Å²) in [5.74, 6) is -1.36. The molecule has 2 rings (SSSR count). The standard InChI is InChI=1S/C13H15NO4/c1-8(2)18-11-10(13(16)17)14(12(11)15)9-6-4-3-5-7-9/h3-8,10-11H,1-2H3,(H,16,17)/t10-,11-/m0/s1. The maximum Gasteiger partial charge on any atom is 0.330 e. The average molecular weight is 249 g/mol. The number of hydrogen-bond acceptors (Lipinski definition) is 3. The number of para-hydroxylation sites is 1. The summed E-state index contributed by atoms with van der Waals surface area (Å²) in [4.78, 5) is 24.4. The number of carbonyl (C=O) groups is 2. The van der Waals surface area contributed by atoms with E-state index in [2.05, 4.69) is 0 Å². The van der Waals surface area contributed by atoms with Crippen molar-refractivity contribution in [2.45, 2.75) is 32.1 Å². The highest BCUT2D eigenvalue weighted by atomic mass is 16.5. The Morgan fingerprint density at radius 2 is 1.94 bits per heavy atom. The van der Waals surface area contributed by atoms with Crippen LogP contribution >= 0.6 is 0 Å². The van der Waals surface area contributed by atoms with Gasteiger partial charge in [-0.1, -0.05) is 18.2 Å². The maximum absolute atomic E-state index is 12.0. The van der Waals surface area contributed by atoms with Gasteiger partial charge in [-0.05, 0) is 26.0 Å². The number of aliphatic carboxylic acids is 1. The third kappa shape index (κ3) is 2.09. The van der Waals surface area contributed by atoms with Crippen LogP contribution in [-0.2, 0) is 14.3 Å². The number of ether oxygens (including phenoxy) is 1. The molecule has 1 fully saturated rings. The van der Waals surface area contributed by atoms with Gasteiger partial charge in [-0.25, -0.2) is 4.79 Å². The van der Waals surface area contributed by atoms with Crippen LogP contribution in [0.5, 0.6) is 0 Å². The molecule has 0 bridgehead atoms. The summed E-state index contributed by atoms with van der Waals surface area (Å²) in [5.41, 5.74) is 0.582. The molecule has 0 aromatic heterocycles. The lowest BCUT2D eigenvalue weighted by Gasteiger charge is -2.44. The molecule has 0 radical (unpaired) electrons. The van der Waals surface area contributed by atoms with E-state index in [9.17, 15) is 14.7 Å². The van der Waals surface area contributed by atoms with Crippen LogP contribution in [0.4, 0.5) is 5.69 Å². The lowest BCUT2D eigenvalue weighted by atomic mass is 9.96. The molecular formula is C13H15NO4. The van der Waals surface area contributed by atoms with Gasteiger partial charge in [0.1, 0.15) is 0 Å². The summed E-state index contributed by atoms with van der Waals surface area (Å²) < 4.78 is 5.35. The second kappa shape index (κ2) is 4.78. The fourth-order valence-corrected chi connectivity index (χ4v) is 2.00. The first kappa shape index (κ1) is 12.6. The van der Waals surface area contributed by atoms with E-state index < -0.39 is 18.1 Å². The Kier molecular flexibility index (Phi) is 3.34. The first-order valence-corrected chi connectivity index (χ1v) is 5.78. The molecule has 0 spiro atoms. The Labute approximate surface area is 105 Å². The Hall–Kier alpha value is -1.88. The van der Waals surface area contributed by atoms with Crippen LogP contribution in [0.25, 0.3) is 0 Å². The number of amides is 1. The average Bonchev–Trinajstić information content (AvgIpc) is 2.33. The molecule has 1 N–H and O–H groups in total. The second-order valence-corrected chi connectivity index (χ2v) is 4.43. The Morgan fingerprint density at radius 1 is 1.33 bits per heavy atom. The van der Waals surface area contributed by atoms with Crippen molar-refractivity contribution in [2.24, 2.45) is 0 Å². The van der Waals surface area contributed by atoms with Gasteiger partial charge in [0, 0.05) is 5.69 Å². The van der Waals surface area contributed by atoms with Gasteiger partial charge in [-0.3, -0.25) is 9.69 Å². The van der Waals surface area contributed by atoms with Crippen LogP contribution in [0.1, 0.15) is 13.8 Å². The number of nitrogens with zero attached hydrogens (tertiary/aromatic N) is 1. The lowest BCUT2D eigenvalue weighted by Crippen LogP contribution is -2.69. The van der Waals surface area contributed by atoms with E-state index in [0.29, 0.717) is 5.69 Å². The number of β-lactam (4-membered cyclic amide) rings is 1. The summed E-state index contributed by atoms with van der Waals surface area (Å²) >= 11 is 0. The van der Waals surface area contributed by atoms with Crippen molar-refractivity contribution in [1.82, 2.24) is 0 Å². The largest absolute Gasteiger partial charge is 0.480 e. The molecule has 5 heteroatoms. The van der Waals surface area contributed by atoms with Crippen LogP contribution in [0.15, 0.2) is 30.3 Å². The summed E-state index contributed by atoms with van der Waals surface area (Å²) in [6.45, 7) is 3.55. The van der Waals surface area contributed by atoms with Crippen molar-refractivity contribution in [3.05, 3.63) is 30.3 Å². The number of hydrogen-bond donors (Lipinski definition) is 1. The summed E-state index contributed by atoms with van der Waals surface area (Å²) in [6.07, 6.45) is -1.07. The zero-order chi connectivity index (χ0) is 13.3. The molecule has 96 valence electrons. The molecule has 0 aliphatic carbocycles. The van der Waals surface area contributed by atoms with E-state index in [4.69, 9.17) is 4.74 Å². The molecule has 1 amide bonds. The van der Waals surface area contributed by atoms with Gasteiger partial charge in [-0.15, -0.1) is 0 Å². The smallest absolute Gasteiger partial charge is 0.330 e. The molecule has 1 heterocycles. The second-order valence-electron chi connectivity index (χ2n) is 4.43. The van der Waals surface area contributed by atoms with E-state index in [-0.39, 0.29) is 12.0 Å². The molecule has 1 saturated heterocycles. The van der Waals surface area contributed by atoms with Crippen LogP contribution in [0.3, 0.4) is 0 Å². The van der Waals surface area contributed by atoms with Crippen molar-refractivity contribution >= 4 is 17.6 Å². The van der Waals surface area contributed by atoms with Gasteiger partial charge >= 0.3 is 5.97 Å². The maximum atomic E-state index is 12.0. The van der Waals surface area contributed by atoms with Gasteiger partial charge in [0.2, 0.25) is 0 Å². The highest BCUT2D eigenvalue weighted by molar-refractivity contribution is 6.12. The fourth-order valence-electron chi connectivity index (χ4n) is 2.00. The van der Waals surface area contributed by atoms with Crippen LogP contribution in [0, 0.1) is 0 Å². The molecule has 1 aliphatic rings. The zero-order valence-corrected chi connectivity index (χ0v) is 10.2. The Morgan fingerprint density at radius 3 is 2.44 bits per heavy atom. The molecular weight excluding hydrogens is 234 g/mol. The first-order chi connectivity index (χ1) is 8.52. The molecule has 1 aromatic rings. The summed E-state index contributed by atoms with van der Waals surface area (Å²) in [5, 5.41) is 9.19. The van der Waals surface area contributed by atoms with Gasteiger partial charge < -0.3 is 9.84 Å². The van der Waals surface area contributed by atoms with Crippen molar-refractivity contribution in [2.75, 3.05) is 4.90 Å². The quantitative estimate of drug-likeness (QED) is 0.816. The first-order valence-electron chi connectivity index (χ1n) is 5.78. The van der Waals surface area contributed by atoms with Crippen LogP contribution in [0.2, 0.25) is 0 Å². The Balaban J connectivity index is 2.23. The highest BCUT2D eigenvalue weighted by Crippen LogP contribution is 2.30. The Bertz CT molecular complexity index is 457. The molecule has 1 aromatic carbocycles. The molecule has 5 nitrogen and oxygen atoms in total. The minimum atomic E-state index is -1.05. The van der Waals surface area contributed by atoms with E-state index in [0.717, 1.165) is 0 Å². The minimum Gasteiger partial charge on any atom is -0.480 e. The third-order valence-corrected chi connectivity index (χ3v) is 2.75. The van der Waals surface area contributed by atoms with Crippen molar-refractivity contribution < 1.29 is 19.4 Å². The molecule has 0 saturated carbocycles. The van der Waals surface area contributed by atoms with Crippen LogP contribution in [-0.4, -0.2) is 35.2 Å². The van der Waals surface area contributed by atoms with Gasteiger partial charge in [-0.2, -0.15) is 0 Å². The van der Waals surface area contributed by atoms with Gasteiger partial charge in [0.25, 0.3) is 5.91 Å². The lowest BCUT2D eigenvalue weighted by molar-refractivity contribution is -0.160. The van der Waals surface area contributed by atoms with E-state index >= 15 is 0 Å². The molecule has 1 aliphatic heterocycles. The fraction of sp³-hybridized carbons (Fsp3) is 0.385. The SMILES string of the molecule is CC(C)O[C@@H]1C(=O)N(c2ccccc2)[C@@H]1C(=O)O. The third-order valence-electron chi connectivity index (χ3n) is 2.75. The predicted molar refractivity (Wildman–Crippen MR) is 65.4 cm³/mol. The number of carboxylic acids is 1. The number of anilines is 1. The van der Waals surface area contributed by atoms with Gasteiger partial charge in [0.05, 0.1) is 6.10 Å². The number of benzene rings is 1. The molecule has 18 heavy (non-hydrogen) atoms.